The van der Waals surface area contributed by atoms with Crippen LogP contribution in [0.15, 0.2) is 108 Å². The third-order valence-electron chi connectivity index (χ3n) is 10.7. The van der Waals surface area contributed by atoms with Gasteiger partial charge in [-0.05, 0) is 119 Å². The summed E-state index contributed by atoms with van der Waals surface area (Å²) in [4.78, 5) is 6.77. The molecule has 6 rings (SSSR count). The van der Waals surface area contributed by atoms with Crippen LogP contribution in [0.5, 0.6) is 0 Å². The maximum atomic E-state index is 7.15. The average molecular weight is 641 g/mol. The van der Waals surface area contributed by atoms with E-state index in [1.165, 1.54) is 56.2 Å². The average Bonchev–Trinajstić information content (AvgIpc) is 3.61. The fraction of sp³-hybridized carbons (Fsp3) is 0.409. The molecule has 3 aromatic rings. The molecule has 0 spiro atoms. The smallest absolute Gasteiger partial charge is 0.209 e. The summed E-state index contributed by atoms with van der Waals surface area (Å²) in [5.74, 6) is 1.32. The molecular formula is C44H54N3O+. The first-order valence-electron chi connectivity index (χ1n) is 17.9. The van der Waals surface area contributed by atoms with E-state index in [-0.39, 0.29) is 16.9 Å². The molecule has 0 radical (unpaired) electrons. The maximum Gasteiger partial charge on any atom is 0.209 e. The Labute approximate surface area is 289 Å². The number of pyridine rings is 1. The van der Waals surface area contributed by atoms with Gasteiger partial charge in [0.1, 0.15) is 18.4 Å². The van der Waals surface area contributed by atoms with Crippen LogP contribution in [0.3, 0.4) is 0 Å². The summed E-state index contributed by atoms with van der Waals surface area (Å²) in [6.45, 7) is 24.7. The lowest BCUT2D eigenvalue weighted by atomic mass is 9.80. The summed E-state index contributed by atoms with van der Waals surface area (Å²) in [7, 11) is 0. The summed E-state index contributed by atoms with van der Waals surface area (Å²) in [5, 5.41) is 0. The van der Waals surface area contributed by atoms with Crippen LogP contribution in [-0.4, -0.2) is 28.4 Å². The van der Waals surface area contributed by atoms with Crippen molar-refractivity contribution in [3.05, 3.63) is 136 Å². The van der Waals surface area contributed by atoms with E-state index < -0.39 is 0 Å². The van der Waals surface area contributed by atoms with Gasteiger partial charge in [0.05, 0.1) is 5.41 Å². The van der Waals surface area contributed by atoms with Crippen molar-refractivity contribution in [3.8, 4) is 0 Å². The van der Waals surface area contributed by atoms with E-state index in [2.05, 4.69) is 157 Å². The first-order chi connectivity index (χ1) is 22.9. The number of aromatic nitrogens is 1. The summed E-state index contributed by atoms with van der Waals surface area (Å²) in [5.41, 5.74) is 14.3. The molecule has 0 saturated heterocycles. The Morgan fingerprint density at radius 3 is 2.21 bits per heavy atom. The number of ether oxygens (including phenoxy) is 1. The topological polar surface area (TPSA) is 28.4 Å². The van der Waals surface area contributed by atoms with Gasteiger partial charge in [0, 0.05) is 53.4 Å². The standard InChI is InChI=1S/C44H54N3O/c1-11-46-37-19-13-30(5)27-35(37)43(7,8)39(46)21-17-32-15-16-33(42(32)48-41(29(3)4)34-23-25-45-26-24-34)18-22-40-44(9,10)36-28-31(6)14-20-38(36)47(40)12-2/h13-14,17-29,41H,11-12,15-16H2,1-10H3/q+1. The molecule has 0 amide bonds. The number of fused-ring (bicyclic) bond motifs is 2. The predicted octanol–water partition coefficient (Wildman–Crippen LogP) is 10.7. The van der Waals surface area contributed by atoms with E-state index in [0.717, 1.165) is 37.3 Å². The SMILES string of the molecule is CCN1/C(=C/C=C2\CCC(/C=C/C3=[N+](CC)c4ccc(C)cc4C3(C)C)=C2OC(c2ccncc2)C(C)C)C(C)(C)c2cc(C)ccc21. The number of aryl methyl sites for hydroxylation is 2. The van der Waals surface area contributed by atoms with Gasteiger partial charge in [-0.3, -0.25) is 4.98 Å². The molecule has 2 aromatic carbocycles. The van der Waals surface area contributed by atoms with E-state index in [1.807, 2.05) is 12.4 Å². The van der Waals surface area contributed by atoms with Crippen molar-refractivity contribution in [1.82, 2.24) is 4.98 Å². The maximum absolute atomic E-state index is 7.15. The van der Waals surface area contributed by atoms with Gasteiger partial charge in [-0.15, -0.1) is 0 Å². The lowest BCUT2D eigenvalue weighted by Crippen LogP contribution is -2.27. The van der Waals surface area contributed by atoms with E-state index in [4.69, 9.17) is 4.74 Å². The summed E-state index contributed by atoms with van der Waals surface area (Å²) >= 11 is 0. The Morgan fingerprint density at radius 1 is 0.854 bits per heavy atom. The largest absolute Gasteiger partial charge is 0.485 e. The van der Waals surface area contributed by atoms with Crippen molar-refractivity contribution in [3.63, 3.8) is 0 Å². The normalized spacial score (nSPS) is 20.5. The van der Waals surface area contributed by atoms with Gasteiger partial charge >= 0.3 is 0 Å². The molecule has 250 valence electrons. The van der Waals surface area contributed by atoms with Crippen molar-refractivity contribution >= 4 is 17.1 Å². The molecule has 1 unspecified atom stereocenters. The zero-order chi connectivity index (χ0) is 34.4. The first-order valence-corrected chi connectivity index (χ1v) is 17.9. The Bertz CT molecular complexity index is 1870. The minimum Gasteiger partial charge on any atom is -0.485 e. The Balaban J connectivity index is 1.44. The van der Waals surface area contributed by atoms with E-state index >= 15 is 0 Å². The first kappa shape index (κ1) is 33.7. The van der Waals surface area contributed by atoms with Crippen LogP contribution < -0.4 is 4.90 Å². The zero-order valence-electron chi connectivity index (χ0n) is 30.8. The summed E-state index contributed by atoms with van der Waals surface area (Å²) in [6.07, 6.45) is 15.0. The highest BCUT2D eigenvalue weighted by Gasteiger charge is 2.44. The third-order valence-corrected chi connectivity index (χ3v) is 10.7. The van der Waals surface area contributed by atoms with Gasteiger partial charge in [0.15, 0.2) is 5.71 Å². The lowest BCUT2D eigenvalue weighted by Gasteiger charge is -2.26. The van der Waals surface area contributed by atoms with Crippen molar-refractivity contribution in [2.24, 2.45) is 5.92 Å². The molecule has 1 aliphatic carbocycles. The van der Waals surface area contributed by atoms with Crippen LogP contribution in [0.4, 0.5) is 11.4 Å². The minimum atomic E-state index is -0.0837. The Hall–Kier alpha value is -4.18. The summed E-state index contributed by atoms with van der Waals surface area (Å²) < 4.78 is 9.63. The second kappa shape index (κ2) is 13.0. The minimum absolute atomic E-state index is 0.0715. The quantitative estimate of drug-likeness (QED) is 0.218. The van der Waals surface area contributed by atoms with E-state index in [9.17, 15) is 0 Å². The second-order valence-corrected chi connectivity index (χ2v) is 15.2. The molecule has 0 bridgehead atoms. The number of hydrogen-bond acceptors (Lipinski definition) is 3. The Morgan fingerprint density at radius 2 is 1.54 bits per heavy atom. The molecule has 0 N–H and O–H groups in total. The number of anilines is 1. The molecule has 4 nitrogen and oxygen atoms in total. The highest BCUT2D eigenvalue weighted by atomic mass is 16.5. The number of nitrogens with zero attached hydrogens (tertiary/aromatic N) is 3. The van der Waals surface area contributed by atoms with Crippen LogP contribution >= 0.6 is 0 Å². The van der Waals surface area contributed by atoms with Crippen LogP contribution in [0.2, 0.25) is 0 Å². The Kier molecular flexibility index (Phi) is 9.15. The van der Waals surface area contributed by atoms with Crippen LogP contribution in [0.25, 0.3) is 0 Å². The number of likely N-dealkylation sites (N-methyl/N-ethyl adjacent to an activating group) is 1. The van der Waals surface area contributed by atoms with Crippen LogP contribution in [0.1, 0.15) is 102 Å². The fourth-order valence-corrected chi connectivity index (χ4v) is 8.06. The van der Waals surface area contributed by atoms with E-state index in [0.29, 0.717) is 5.92 Å². The fourth-order valence-electron chi connectivity index (χ4n) is 8.06. The van der Waals surface area contributed by atoms with Gasteiger partial charge in [-0.2, -0.15) is 4.58 Å². The number of rotatable bonds is 9. The molecule has 0 saturated carbocycles. The van der Waals surface area contributed by atoms with Gasteiger partial charge in [-0.1, -0.05) is 63.1 Å². The lowest BCUT2D eigenvalue weighted by molar-refractivity contribution is -0.433. The number of allylic oxidation sites excluding steroid dienone is 7. The van der Waals surface area contributed by atoms with Crippen molar-refractivity contribution in [2.75, 3.05) is 18.0 Å². The summed E-state index contributed by atoms with van der Waals surface area (Å²) in [6, 6.07) is 18.0. The van der Waals surface area contributed by atoms with Gasteiger partial charge < -0.3 is 9.64 Å². The van der Waals surface area contributed by atoms with Crippen molar-refractivity contribution in [1.29, 1.82) is 0 Å². The molecular weight excluding hydrogens is 587 g/mol. The predicted molar refractivity (Wildman–Crippen MR) is 201 cm³/mol. The molecule has 1 aromatic heterocycles. The zero-order valence-corrected chi connectivity index (χ0v) is 30.8. The second-order valence-electron chi connectivity index (χ2n) is 15.2. The monoisotopic (exact) mass is 640 g/mol. The van der Waals surface area contributed by atoms with Crippen LogP contribution in [0, 0.1) is 19.8 Å². The molecule has 3 aliphatic rings. The van der Waals surface area contributed by atoms with Crippen molar-refractivity contribution < 1.29 is 9.31 Å². The van der Waals surface area contributed by atoms with Gasteiger partial charge in [0.2, 0.25) is 5.69 Å². The molecule has 2 aliphatic heterocycles. The van der Waals surface area contributed by atoms with Crippen molar-refractivity contribution in [2.45, 2.75) is 99.0 Å². The molecule has 1 atom stereocenters. The molecule has 3 heterocycles. The van der Waals surface area contributed by atoms with E-state index in [1.54, 1.807) is 0 Å². The van der Waals surface area contributed by atoms with Gasteiger partial charge in [-0.25, -0.2) is 0 Å². The third kappa shape index (κ3) is 5.88. The number of benzene rings is 2. The molecule has 0 fully saturated rings. The van der Waals surface area contributed by atoms with Gasteiger partial charge in [0.25, 0.3) is 0 Å². The molecule has 4 heteroatoms. The number of hydrogen-bond donors (Lipinski definition) is 0. The highest BCUT2D eigenvalue weighted by molar-refractivity contribution is 6.03. The highest BCUT2D eigenvalue weighted by Crippen LogP contribution is 2.48. The molecule has 48 heavy (non-hydrogen) atoms. The van der Waals surface area contributed by atoms with Crippen LogP contribution in [-0.2, 0) is 15.6 Å².